The van der Waals surface area contributed by atoms with E-state index < -0.39 is 6.10 Å². The van der Waals surface area contributed by atoms with Gasteiger partial charge in [-0.15, -0.1) is 0 Å². The van der Waals surface area contributed by atoms with Gasteiger partial charge in [-0.1, -0.05) is 29.8 Å². The van der Waals surface area contributed by atoms with Crippen molar-refractivity contribution in [3.05, 3.63) is 35.4 Å². The predicted molar refractivity (Wildman–Crippen MR) is 74.3 cm³/mol. The van der Waals surface area contributed by atoms with Gasteiger partial charge in [0.2, 0.25) is 0 Å². The predicted octanol–water partition coefficient (Wildman–Crippen LogP) is 2.10. The van der Waals surface area contributed by atoms with E-state index in [1.807, 2.05) is 31.2 Å². The normalized spacial score (nSPS) is 12.6. The molecule has 0 aromatic heterocycles. The Morgan fingerprint density at radius 1 is 1.11 bits per heavy atom. The van der Waals surface area contributed by atoms with Crippen LogP contribution < -0.4 is 0 Å². The molecule has 0 radical (unpaired) electrons. The number of hydrogen-bond donors (Lipinski definition) is 1. The minimum Gasteiger partial charge on any atom is -0.386 e. The maximum Gasteiger partial charge on any atom is 0.102 e. The molecule has 0 aliphatic rings. The van der Waals surface area contributed by atoms with Crippen LogP contribution in [-0.4, -0.2) is 45.3 Å². The fraction of sp³-hybridized carbons (Fsp3) is 0.600. The second-order valence-corrected chi connectivity index (χ2v) is 4.46. The van der Waals surface area contributed by atoms with Gasteiger partial charge in [-0.3, -0.25) is 0 Å². The Morgan fingerprint density at radius 3 is 2.63 bits per heavy atom. The first-order valence-corrected chi connectivity index (χ1v) is 6.63. The first kappa shape index (κ1) is 16.1. The van der Waals surface area contributed by atoms with Gasteiger partial charge in [0.05, 0.1) is 19.8 Å². The fourth-order valence-corrected chi connectivity index (χ4v) is 1.69. The minimum absolute atomic E-state index is 0.297. The van der Waals surface area contributed by atoms with Crippen molar-refractivity contribution in [3.63, 3.8) is 0 Å². The molecule has 108 valence electrons. The number of ether oxygens (including phenoxy) is 3. The molecule has 0 heterocycles. The third-order valence-electron chi connectivity index (χ3n) is 2.71. The summed E-state index contributed by atoms with van der Waals surface area (Å²) in [6, 6.07) is 7.81. The molecule has 0 bridgehead atoms. The summed E-state index contributed by atoms with van der Waals surface area (Å²) in [5, 5.41) is 9.94. The van der Waals surface area contributed by atoms with Crippen LogP contribution in [0.25, 0.3) is 0 Å². The van der Waals surface area contributed by atoms with Gasteiger partial charge in [0.25, 0.3) is 0 Å². The van der Waals surface area contributed by atoms with E-state index in [-0.39, 0.29) is 0 Å². The molecule has 0 saturated carbocycles. The molecular weight excluding hydrogens is 244 g/mol. The van der Waals surface area contributed by atoms with E-state index in [2.05, 4.69) is 0 Å². The Kier molecular flexibility index (Phi) is 8.41. The van der Waals surface area contributed by atoms with Crippen molar-refractivity contribution in [1.29, 1.82) is 0 Å². The van der Waals surface area contributed by atoms with Crippen molar-refractivity contribution in [3.8, 4) is 0 Å². The summed E-state index contributed by atoms with van der Waals surface area (Å²) in [6.45, 7) is 4.74. The van der Waals surface area contributed by atoms with Gasteiger partial charge in [-0.05, 0) is 18.9 Å². The molecule has 1 aromatic carbocycles. The molecule has 0 amide bonds. The Bertz CT molecular complexity index is 341. The molecular formula is C15H24O4. The van der Waals surface area contributed by atoms with Gasteiger partial charge in [-0.2, -0.15) is 0 Å². The number of aliphatic hydroxyl groups excluding tert-OH is 1. The zero-order valence-electron chi connectivity index (χ0n) is 11.8. The van der Waals surface area contributed by atoms with E-state index in [1.165, 1.54) is 0 Å². The summed E-state index contributed by atoms with van der Waals surface area (Å²) in [6.07, 6.45) is 0.316. The number of aliphatic hydroxyl groups is 1. The average Bonchev–Trinajstić information content (AvgIpc) is 2.41. The van der Waals surface area contributed by atoms with E-state index in [0.717, 1.165) is 17.5 Å². The van der Waals surface area contributed by atoms with Crippen molar-refractivity contribution in [2.45, 2.75) is 19.4 Å². The van der Waals surface area contributed by atoms with Crippen molar-refractivity contribution in [2.75, 3.05) is 40.1 Å². The molecule has 4 heteroatoms. The van der Waals surface area contributed by atoms with Gasteiger partial charge in [0, 0.05) is 20.3 Å². The maximum absolute atomic E-state index is 9.94. The fourth-order valence-electron chi connectivity index (χ4n) is 1.69. The van der Waals surface area contributed by atoms with E-state index >= 15 is 0 Å². The highest BCUT2D eigenvalue weighted by Crippen LogP contribution is 2.14. The summed E-state index contributed by atoms with van der Waals surface area (Å²) in [7, 11) is 1.68. The second kappa shape index (κ2) is 9.92. The van der Waals surface area contributed by atoms with Crippen molar-refractivity contribution in [1.82, 2.24) is 0 Å². The summed E-state index contributed by atoms with van der Waals surface area (Å²) in [5.74, 6) is 0. The van der Waals surface area contributed by atoms with Crippen LogP contribution in [0.5, 0.6) is 0 Å². The zero-order valence-corrected chi connectivity index (χ0v) is 11.8. The molecule has 1 rings (SSSR count). The van der Waals surface area contributed by atoms with Crippen molar-refractivity contribution < 1.29 is 19.3 Å². The first-order chi connectivity index (χ1) is 9.24. The van der Waals surface area contributed by atoms with Crippen LogP contribution in [0, 0.1) is 6.92 Å². The number of benzene rings is 1. The third-order valence-corrected chi connectivity index (χ3v) is 2.71. The molecule has 1 unspecified atom stereocenters. The number of rotatable bonds is 10. The van der Waals surface area contributed by atoms with Gasteiger partial charge in [0.15, 0.2) is 0 Å². The first-order valence-electron chi connectivity index (χ1n) is 6.63. The number of methoxy groups -OCH3 is 1. The van der Waals surface area contributed by atoms with Gasteiger partial charge < -0.3 is 19.3 Å². The van der Waals surface area contributed by atoms with Crippen LogP contribution in [0.15, 0.2) is 24.3 Å². The highest BCUT2D eigenvalue weighted by Gasteiger charge is 2.07. The smallest absolute Gasteiger partial charge is 0.102 e. The average molecular weight is 268 g/mol. The summed E-state index contributed by atoms with van der Waals surface area (Å²) in [5.41, 5.74) is 2.03. The molecule has 1 aromatic rings. The zero-order chi connectivity index (χ0) is 13.9. The summed E-state index contributed by atoms with van der Waals surface area (Å²) in [4.78, 5) is 0. The number of hydrogen-bond acceptors (Lipinski definition) is 4. The Balaban J connectivity index is 2.06. The molecule has 0 saturated heterocycles. The van der Waals surface area contributed by atoms with Crippen LogP contribution in [-0.2, 0) is 14.2 Å². The van der Waals surface area contributed by atoms with Crippen LogP contribution in [0.4, 0.5) is 0 Å². The molecule has 4 nitrogen and oxygen atoms in total. The summed E-state index contributed by atoms with van der Waals surface area (Å²) < 4.78 is 15.7. The largest absolute Gasteiger partial charge is 0.386 e. The Hall–Kier alpha value is -0.940. The van der Waals surface area contributed by atoms with Crippen LogP contribution in [0.3, 0.4) is 0 Å². The molecule has 1 atom stereocenters. The second-order valence-electron chi connectivity index (χ2n) is 4.46. The van der Waals surface area contributed by atoms with Gasteiger partial charge in [-0.25, -0.2) is 0 Å². The Morgan fingerprint density at radius 2 is 1.89 bits per heavy atom. The molecule has 0 aliphatic carbocycles. The monoisotopic (exact) mass is 268 g/mol. The lowest BCUT2D eigenvalue weighted by molar-refractivity contribution is 0.000487. The van der Waals surface area contributed by atoms with Crippen LogP contribution in [0.2, 0.25) is 0 Å². The molecule has 0 fully saturated rings. The Labute approximate surface area is 115 Å². The van der Waals surface area contributed by atoms with Gasteiger partial charge in [0.1, 0.15) is 6.10 Å². The summed E-state index contributed by atoms with van der Waals surface area (Å²) >= 11 is 0. The van der Waals surface area contributed by atoms with E-state index in [1.54, 1.807) is 7.11 Å². The van der Waals surface area contributed by atoms with Crippen molar-refractivity contribution in [2.24, 2.45) is 0 Å². The highest BCUT2D eigenvalue weighted by molar-refractivity contribution is 5.23. The standard InChI is InChI=1S/C15H24O4/c1-13-5-3-6-14(11-13)15(16)12-19-10-9-18-8-4-7-17-2/h3,5-6,11,15-16H,4,7-10,12H2,1-2H3. The third kappa shape index (κ3) is 7.28. The lowest BCUT2D eigenvalue weighted by atomic mass is 10.1. The van der Waals surface area contributed by atoms with Gasteiger partial charge >= 0.3 is 0 Å². The lowest BCUT2D eigenvalue weighted by Crippen LogP contribution is -2.12. The number of aryl methyl sites for hydroxylation is 1. The van der Waals surface area contributed by atoms with Crippen LogP contribution >= 0.6 is 0 Å². The topological polar surface area (TPSA) is 47.9 Å². The van der Waals surface area contributed by atoms with E-state index in [4.69, 9.17) is 14.2 Å². The van der Waals surface area contributed by atoms with Crippen LogP contribution in [0.1, 0.15) is 23.7 Å². The molecule has 0 aliphatic heterocycles. The van der Waals surface area contributed by atoms with Crippen molar-refractivity contribution >= 4 is 0 Å². The quantitative estimate of drug-likeness (QED) is 0.660. The SMILES string of the molecule is COCCCOCCOCC(O)c1cccc(C)c1. The van der Waals surface area contributed by atoms with E-state index in [0.29, 0.717) is 33.0 Å². The molecule has 1 N–H and O–H groups in total. The highest BCUT2D eigenvalue weighted by atomic mass is 16.5. The minimum atomic E-state index is -0.576. The maximum atomic E-state index is 9.94. The molecule has 0 spiro atoms. The molecule has 19 heavy (non-hydrogen) atoms. The lowest BCUT2D eigenvalue weighted by Gasteiger charge is -2.12. The van der Waals surface area contributed by atoms with E-state index in [9.17, 15) is 5.11 Å².